The van der Waals surface area contributed by atoms with Gasteiger partial charge in [0, 0.05) is 12.8 Å². The number of benzene rings is 2. The smallest absolute Gasteiger partial charge is 0.242 e. The van der Waals surface area contributed by atoms with E-state index in [1.165, 1.54) is 0 Å². The SMILES string of the molecule is CCC(=O)N1N=C(c2ccc(Cl)c(Cl)c2)C[C@H]1c1ccc(OC)cc1. The van der Waals surface area contributed by atoms with Gasteiger partial charge in [-0.05, 0) is 35.4 Å². The first-order valence-corrected chi connectivity index (χ1v) is 8.78. The fraction of sp³-hybridized carbons (Fsp3) is 0.263. The van der Waals surface area contributed by atoms with Crippen LogP contribution in [-0.4, -0.2) is 23.7 Å². The quantitative estimate of drug-likeness (QED) is 0.745. The van der Waals surface area contributed by atoms with Crippen LogP contribution in [0.2, 0.25) is 10.0 Å². The van der Waals surface area contributed by atoms with E-state index in [0.717, 1.165) is 22.6 Å². The van der Waals surface area contributed by atoms with E-state index in [1.54, 1.807) is 24.3 Å². The maximum absolute atomic E-state index is 12.4. The number of methoxy groups -OCH3 is 1. The van der Waals surface area contributed by atoms with Gasteiger partial charge in [-0.25, -0.2) is 5.01 Å². The summed E-state index contributed by atoms with van der Waals surface area (Å²) < 4.78 is 5.21. The minimum absolute atomic E-state index is 0.0177. The van der Waals surface area contributed by atoms with Crippen molar-refractivity contribution >= 4 is 34.8 Å². The first kappa shape index (κ1) is 17.8. The molecule has 0 fully saturated rings. The predicted octanol–water partition coefficient (Wildman–Crippen LogP) is 5.09. The first-order chi connectivity index (χ1) is 12.0. The highest BCUT2D eigenvalue weighted by Crippen LogP contribution is 2.35. The highest BCUT2D eigenvalue weighted by Gasteiger charge is 2.32. The Morgan fingerprint density at radius 2 is 1.92 bits per heavy atom. The third kappa shape index (κ3) is 3.65. The molecule has 1 heterocycles. The van der Waals surface area contributed by atoms with Crippen LogP contribution in [0, 0.1) is 0 Å². The number of amides is 1. The van der Waals surface area contributed by atoms with Crippen molar-refractivity contribution < 1.29 is 9.53 Å². The third-order valence-corrected chi connectivity index (χ3v) is 4.96. The van der Waals surface area contributed by atoms with Crippen molar-refractivity contribution in [2.24, 2.45) is 5.10 Å². The molecule has 0 radical (unpaired) electrons. The fourth-order valence-electron chi connectivity index (χ4n) is 2.84. The van der Waals surface area contributed by atoms with Gasteiger partial charge in [0.25, 0.3) is 0 Å². The highest BCUT2D eigenvalue weighted by molar-refractivity contribution is 6.42. The van der Waals surface area contributed by atoms with Gasteiger partial charge in [0.1, 0.15) is 5.75 Å². The summed E-state index contributed by atoms with van der Waals surface area (Å²) in [6.45, 7) is 1.83. The number of carbonyl (C=O) groups excluding carboxylic acids is 1. The van der Waals surface area contributed by atoms with Crippen LogP contribution in [0.15, 0.2) is 47.6 Å². The summed E-state index contributed by atoms with van der Waals surface area (Å²) in [7, 11) is 1.63. The number of hydrazone groups is 1. The van der Waals surface area contributed by atoms with Crippen molar-refractivity contribution in [1.29, 1.82) is 0 Å². The van der Waals surface area contributed by atoms with Crippen LogP contribution in [0.1, 0.15) is 36.9 Å². The van der Waals surface area contributed by atoms with Crippen LogP contribution in [0.4, 0.5) is 0 Å². The molecule has 0 N–H and O–H groups in total. The molecular weight excluding hydrogens is 359 g/mol. The minimum atomic E-state index is -0.136. The van der Waals surface area contributed by atoms with Crippen LogP contribution in [0.25, 0.3) is 0 Å². The monoisotopic (exact) mass is 376 g/mol. The molecule has 25 heavy (non-hydrogen) atoms. The average Bonchev–Trinajstić information content (AvgIpc) is 3.08. The van der Waals surface area contributed by atoms with Gasteiger partial charge >= 0.3 is 0 Å². The van der Waals surface area contributed by atoms with Gasteiger partial charge in [-0.15, -0.1) is 0 Å². The second-order valence-electron chi connectivity index (χ2n) is 5.76. The molecule has 0 bridgehead atoms. The molecule has 0 saturated heterocycles. The van der Waals surface area contributed by atoms with Gasteiger partial charge in [-0.1, -0.05) is 48.3 Å². The number of halogens is 2. The molecule has 4 nitrogen and oxygen atoms in total. The molecule has 0 unspecified atom stereocenters. The van der Waals surface area contributed by atoms with Gasteiger partial charge in [-0.3, -0.25) is 4.79 Å². The lowest BCUT2D eigenvalue weighted by Gasteiger charge is -2.21. The van der Waals surface area contributed by atoms with Crippen molar-refractivity contribution in [3.63, 3.8) is 0 Å². The number of nitrogens with zero attached hydrogens (tertiary/aromatic N) is 2. The summed E-state index contributed by atoms with van der Waals surface area (Å²) in [4.78, 5) is 12.4. The fourth-order valence-corrected chi connectivity index (χ4v) is 3.14. The first-order valence-electron chi connectivity index (χ1n) is 8.02. The molecule has 1 amide bonds. The highest BCUT2D eigenvalue weighted by atomic mass is 35.5. The number of rotatable bonds is 4. The zero-order valence-corrected chi connectivity index (χ0v) is 15.5. The Kier molecular flexibility index (Phi) is 5.30. The van der Waals surface area contributed by atoms with E-state index in [-0.39, 0.29) is 11.9 Å². The van der Waals surface area contributed by atoms with E-state index in [1.807, 2.05) is 37.3 Å². The molecule has 0 aromatic heterocycles. The normalized spacial score (nSPS) is 16.7. The zero-order chi connectivity index (χ0) is 18.0. The Labute approximate surface area is 157 Å². The van der Waals surface area contributed by atoms with Gasteiger partial charge < -0.3 is 4.74 Å². The number of hydrogen-bond donors (Lipinski definition) is 0. The van der Waals surface area contributed by atoms with Crippen LogP contribution >= 0.6 is 23.2 Å². The van der Waals surface area contributed by atoms with Gasteiger partial charge in [0.2, 0.25) is 5.91 Å². The van der Waals surface area contributed by atoms with E-state index >= 15 is 0 Å². The summed E-state index contributed by atoms with van der Waals surface area (Å²) >= 11 is 12.1. The summed E-state index contributed by atoms with van der Waals surface area (Å²) in [5.41, 5.74) is 2.71. The molecule has 1 aliphatic rings. The van der Waals surface area contributed by atoms with Crippen molar-refractivity contribution in [1.82, 2.24) is 5.01 Å². The van der Waals surface area contributed by atoms with Gasteiger partial charge in [0.15, 0.2) is 0 Å². The molecule has 0 saturated carbocycles. The molecule has 3 rings (SSSR count). The van der Waals surface area contributed by atoms with Gasteiger partial charge in [0.05, 0.1) is 28.9 Å². The summed E-state index contributed by atoms with van der Waals surface area (Å²) in [5, 5.41) is 7.11. The summed E-state index contributed by atoms with van der Waals surface area (Å²) in [5.74, 6) is 0.761. The van der Waals surface area contributed by atoms with Crippen molar-refractivity contribution in [2.75, 3.05) is 7.11 Å². The Balaban J connectivity index is 1.94. The van der Waals surface area contributed by atoms with Crippen LogP contribution in [-0.2, 0) is 4.79 Å². The van der Waals surface area contributed by atoms with Crippen LogP contribution in [0.5, 0.6) is 5.75 Å². The van der Waals surface area contributed by atoms with Crippen molar-refractivity contribution in [3.05, 3.63) is 63.6 Å². The van der Waals surface area contributed by atoms with E-state index in [2.05, 4.69) is 5.10 Å². The predicted molar refractivity (Wildman–Crippen MR) is 100 cm³/mol. The maximum Gasteiger partial charge on any atom is 0.242 e. The molecule has 0 aliphatic carbocycles. The van der Waals surface area contributed by atoms with Crippen LogP contribution < -0.4 is 4.74 Å². The average molecular weight is 377 g/mol. The Hall–Kier alpha value is -2.04. The summed E-state index contributed by atoms with van der Waals surface area (Å²) in [6, 6.07) is 13.0. The summed E-state index contributed by atoms with van der Waals surface area (Å²) in [6.07, 6.45) is 1.01. The molecular formula is C19H18Cl2N2O2. The number of ether oxygens (including phenoxy) is 1. The largest absolute Gasteiger partial charge is 0.497 e. The van der Waals surface area contributed by atoms with E-state index < -0.39 is 0 Å². The lowest BCUT2D eigenvalue weighted by atomic mass is 9.98. The minimum Gasteiger partial charge on any atom is -0.497 e. The Bertz CT molecular complexity index is 819. The van der Waals surface area contributed by atoms with Gasteiger partial charge in [-0.2, -0.15) is 5.10 Å². The molecule has 2 aromatic rings. The van der Waals surface area contributed by atoms with Crippen molar-refractivity contribution in [3.8, 4) is 5.75 Å². The molecule has 130 valence electrons. The van der Waals surface area contributed by atoms with E-state index in [4.69, 9.17) is 27.9 Å². The van der Waals surface area contributed by atoms with E-state index in [9.17, 15) is 4.79 Å². The van der Waals surface area contributed by atoms with Crippen molar-refractivity contribution in [2.45, 2.75) is 25.8 Å². The molecule has 6 heteroatoms. The Morgan fingerprint density at radius 3 is 2.52 bits per heavy atom. The van der Waals surface area contributed by atoms with E-state index in [0.29, 0.717) is 22.9 Å². The molecule has 1 atom stereocenters. The molecule has 0 spiro atoms. The lowest BCUT2D eigenvalue weighted by molar-refractivity contribution is -0.132. The molecule has 2 aromatic carbocycles. The standard InChI is InChI=1S/C19H18Cl2N2O2/c1-3-19(24)23-18(12-4-7-14(25-2)8-5-12)11-17(22-23)13-6-9-15(20)16(21)10-13/h4-10,18H,3,11H2,1-2H3/t18-/m0/s1. The maximum atomic E-state index is 12.4. The molecule has 1 aliphatic heterocycles. The number of carbonyl (C=O) groups is 1. The Morgan fingerprint density at radius 1 is 1.20 bits per heavy atom. The third-order valence-electron chi connectivity index (χ3n) is 4.22. The number of hydrogen-bond acceptors (Lipinski definition) is 3. The topological polar surface area (TPSA) is 41.9 Å². The zero-order valence-electron chi connectivity index (χ0n) is 14.0. The second kappa shape index (κ2) is 7.46. The second-order valence-corrected chi connectivity index (χ2v) is 6.57. The van der Waals surface area contributed by atoms with Crippen LogP contribution in [0.3, 0.4) is 0 Å². The lowest BCUT2D eigenvalue weighted by Crippen LogP contribution is -2.26.